The summed E-state index contributed by atoms with van der Waals surface area (Å²) in [6, 6.07) is 3.31. The summed E-state index contributed by atoms with van der Waals surface area (Å²) in [6.07, 6.45) is 0.663. The van der Waals surface area contributed by atoms with Crippen LogP contribution in [-0.2, 0) is 10.0 Å². The van der Waals surface area contributed by atoms with Crippen LogP contribution in [0.15, 0.2) is 23.1 Å². The zero-order valence-electron chi connectivity index (χ0n) is 11.5. The summed E-state index contributed by atoms with van der Waals surface area (Å²) in [5, 5.41) is 0. The predicted molar refractivity (Wildman–Crippen MR) is 73.8 cm³/mol. The third kappa shape index (κ3) is 4.56. The number of aryl methyl sites for hydroxylation is 1. The molecule has 0 aliphatic carbocycles. The van der Waals surface area contributed by atoms with Gasteiger partial charge in [-0.25, -0.2) is 17.5 Å². The van der Waals surface area contributed by atoms with Crippen LogP contribution in [0.3, 0.4) is 0 Å². The number of hydrogen-bond acceptors (Lipinski definition) is 3. The average molecular weight is 288 g/mol. The van der Waals surface area contributed by atoms with E-state index in [1.807, 2.05) is 13.8 Å². The molecule has 0 saturated carbocycles. The monoisotopic (exact) mass is 288 g/mol. The van der Waals surface area contributed by atoms with Gasteiger partial charge < -0.3 is 5.73 Å². The van der Waals surface area contributed by atoms with Gasteiger partial charge in [0.15, 0.2) is 0 Å². The molecular formula is C13H21FN2O2S. The number of halogens is 1. The van der Waals surface area contributed by atoms with E-state index in [-0.39, 0.29) is 17.5 Å². The van der Waals surface area contributed by atoms with Crippen molar-refractivity contribution in [3.05, 3.63) is 29.6 Å². The van der Waals surface area contributed by atoms with Gasteiger partial charge in [-0.05, 0) is 43.0 Å². The van der Waals surface area contributed by atoms with Gasteiger partial charge in [0.2, 0.25) is 10.0 Å². The highest BCUT2D eigenvalue weighted by Gasteiger charge is 2.21. The molecule has 0 aliphatic rings. The van der Waals surface area contributed by atoms with Gasteiger partial charge >= 0.3 is 0 Å². The van der Waals surface area contributed by atoms with Crippen LogP contribution in [0.25, 0.3) is 0 Å². The van der Waals surface area contributed by atoms with Crippen molar-refractivity contribution in [3.63, 3.8) is 0 Å². The van der Waals surface area contributed by atoms with Crippen LogP contribution in [0.4, 0.5) is 4.39 Å². The maximum atomic E-state index is 13.0. The van der Waals surface area contributed by atoms with E-state index in [0.717, 1.165) is 6.07 Å². The van der Waals surface area contributed by atoms with Crippen molar-refractivity contribution in [1.82, 2.24) is 4.72 Å². The van der Waals surface area contributed by atoms with E-state index in [0.29, 0.717) is 17.9 Å². The van der Waals surface area contributed by atoms with Gasteiger partial charge in [-0.15, -0.1) is 0 Å². The lowest BCUT2D eigenvalue weighted by Gasteiger charge is -2.19. The Morgan fingerprint density at radius 3 is 2.47 bits per heavy atom. The second kappa shape index (κ2) is 6.45. The van der Waals surface area contributed by atoms with Crippen LogP contribution in [0.5, 0.6) is 0 Å². The minimum atomic E-state index is -3.66. The van der Waals surface area contributed by atoms with E-state index in [9.17, 15) is 12.8 Å². The van der Waals surface area contributed by atoms with Crippen LogP contribution < -0.4 is 10.5 Å². The first-order valence-corrected chi connectivity index (χ1v) is 7.73. The summed E-state index contributed by atoms with van der Waals surface area (Å²) in [5.41, 5.74) is 5.96. The lowest BCUT2D eigenvalue weighted by Crippen LogP contribution is -2.41. The summed E-state index contributed by atoms with van der Waals surface area (Å²) >= 11 is 0. The largest absolute Gasteiger partial charge is 0.329 e. The SMILES string of the molecule is Cc1cc(F)ccc1S(=O)(=O)NC(CN)CC(C)C. The number of benzene rings is 1. The van der Waals surface area contributed by atoms with Gasteiger partial charge in [-0.1, -0.05) is 13.8 Å². The molecular weight excluding hydrogens is 267 g/mol. The van der Waals surface area contributed by atoms with Crippen molar-refractivity contribution in [1.29, 1.82) is 0 Å². The summed E-state index contributed by atoms with van der Waals surface area (Å²) in [7, 11) is -3.66. The van der Waals surface area contributed by atoms with Crippen LogP contribution in [0.2, 0.25) is 0 Å². The van der Waals surface area contributed by atoms with E-state index < -0.39 is 15.8 Å². The molecule has 0 saturated heterocycles. The Morgan fingerprint density at radius 1 is 1.37 bits per heavy atom. The van der Waals surface area contributed by atoms with Gasteiger partial charge in [0.25, 0.3) is 0 Å². The third-order valence-electron chi connectivity index (χ3n) is 2.79. The second-order valence-corrected chi connectivity index (χ2v) is 6.78. The van der Waals surface area contributed by atoms with Crippen molar-refractivity contribution in [2.75, 3.05) is 6.54 Å². The Morgan fingerprint density at radius 2 is 2.00 bits per heavy atom. The van der Waals surface area contributed by atoms with Crippen molar-refractivity contribution >= 4 is 10.0 Å². The lowest BCUT2D eigenvalue weighted by atomic mass is 10.1. The molecule has 1 aromatic rings. The summed E-state index contributed by atoms with van der Waals surface area (Å²) in [4.78, 5) is 0.0936. The van der Waals surface area contributed by atoms with Crippen molar-refractivity contribution in [2.45, 2.75) is 38.1 Å². The Bertz CT molecular complexity index is 529. The van der Waals surface area contributed by atoms with Gasteiger partial charge in [-0.3, -0.25) is 0 Å². The normalized spacial score (nSPS) is 13.8. The third-order valence-corrected chi connectivity index (χ3v) is 4.47. The highest BCUT2D eigenvalue weighted by molar-refractivity contribution is 7.89. The first kappa shape index (κ1) is 16.1. The summed E-state index contributed by atoms with van der Waals surface area (Å²) < 4.78 is 40.0. The molecule has 0 bridgehead atoms. The number of rotatable bonds is 6. The Hall–Kier alpha value is -0.980. The molecule has 4 nitrogen and oxygen atoms in total. The van der Waals surface area contributed by atoms with E-state index in [1.54, 1.807) is 6.92 Å². The van der Waals surface area contributed by atoms with Gasteiger partial charge in [-0.2, -0.15) is 0 Å². The standard InChI is InChI=1S/C13H21FN2O2S/c1-9(2)6-12(8-15)16-19(17,18)13-5-4-11(14)7-10(13)3/h4-5,7,9,12,16H,6,8,15H2,1-3H3. The summed E-state index contributed by atoms with van der Waals surface area (Å²) in [5.74, 6) is -0.112. The smallest absolute Gasteiger partial charge is 0.241 e. The van der Waals surface area contributed by atoms with Crippen molar-refractivity contribution < 1.29 is 12.8 Å². The Kier molecular flexibility index (Phi) is 5.46. The van der Waals surface area contributed by atoms with Crippen molar-refractivity contribution in [3.8, 4) is 0 Å². The molecule has 0 aromatic heterocycles. The number of hydrogen-bond donors (Lipinski definition) is 2. The second-order valence-electron chi connectivity index (χ2n) is 5.09. The van der Waals surface area contributed by atoms with Crippen molar-refractivity contribution in [2.24, 2.45) is 11.7 Å². The molecule has 0 amide bonds. The van der Waals surface area contributed by atoms with E-state index in [1.165, 1.54) is 12.1 Å². The predicted octanol–water partition coefficient (Wildman–Crippen LogP) is 1.79. The van der Waals surface area contributed by atoms with Gasteiger partial charge in [0.05, 0.1) is 4.90 Å². The van der Waals surface area contributed by atoms with Crippen LogP contribution in [-0.4, -0.2) is 21.0 Å². The van der Waals surface area contributed by atoms with Crippen LogP contribution in [0.1, 0.15) is 25.8 Å². The molecule has 1 aromatic carbocycles. The molecule has 0 fully saturated rings. The molecule has 0 aliphatic heterocycles. The van der Waals surface area contributed by atoms with E-state index in [2.05, 4.69) is 4.72 Å². The average Bonchev–Trinajstić information content (AvgIpc) is 2.26. The Labute approximate surface area is 114 Å². The maximum Gasteiger partial charge on any atom is 0.241 e. The Balaban J connectivity index is 2.97. The number of sulfonamides is 1. The summed E-state index contributed by atoms with van der Waals surface area (Å²) in [6.45, 7) is 5.80. The highest BCUT2D eigenvalue weighted by Crippen LogP contribution is 2.17. The van der Waals surface area contributed by atoms with E-state index in [4.69, 9.17) is 5.73 Å². The fraction of sp³-hybridized carbons (Fsp3) is 0.538. The molecule has 1 rings (SSSR count). The molecule has 108 valence electrons. The highest BCUT2D eigenvalue weighted by atomic mass is 32.2. The molecule has 1 unspecified atom stereocenters. The maximum absolute atomic E-state index is 13.0. The number of nitrogens with one attached hydrogen (secondary N) is 1. The molecule has 0 radical (unpaired) electrons. The zero-order chi connectivity index (χ0) is 14.6. The topological polar surface area (TPSA) is 72.2 Å². The van der Waals surface area contributed by atoms with Gasteiger partial charge in [0.1, 0.15) is 5.82 Å². The molecule has 1 atom stereocenters. The zero-order valence-corrected chi connectivity index (χ0v) is 12.3. The minimum Gasteiger partial charge on any atom is -0.329 e. The molecule has 0 spiro atoms. The van der Waals surface area contributed by atoms with Gasteiger partial charge in [0, 0.05) is 12.6 Å². The quantitative estimate of drug-likeness (QED) is 0.838. The molecule has 0 heterocycles. The fourth-order valence-corrected chi connectivity index (χ4v) is 3.45. The number of nitrogens with two attached hydrogens (primary N) is 1. The first-order valence-electron chi connectivity index (χ1n) is 6.24. The van der Waals surface area contributed by atoms with Crippen LogP contribution in [0, 0.1) is 18.7 Å². The minimum absolute atomic E-state index is 0.0936. The first-order chi connectivity index (χ1) is 8.76. The molecule has 6 heteroatoms. The van der Waals surface area contributed by atoms with Crippen LogP contribution >= 0.6 is 0 Å². The molecule has 19 heavy (non-hydrogen) atoms. The fourth-order valence-electron chi connectivity index (χ4n) is 1.96. The van der Waals surface area contributed by atoms with E-state index >= 15 is 0 Å². The lowest BCUT2D eigenvalue weighted by molar-refractivity contribution is 0.465. The molecule has 3 N–H and O–H groups in total.